The topological polar surface area (TPSA) is 82.1 Å². The average Bonchev–Trinajstić information content (AvgIpc) is 2.59. The fourth-order valence-electron chi connectivity index (χ4n) is 1.91. The smallest absolute Gasteiger partial charge is 0.343 e. The van der Waals surface area contributed by atoms with Crippen LogP contribution in [0, 0.1) is 0 Å². The molecular weight excluding hydrogens is 312 g/mol. The number of ether oxygens (including phenoxy) is 3. The Morgan fingerprint density at radius 2 is 1.71 bits per heavy atom. The largest absolute Gasteiger partial charge is 0.491 e. The molecule has 0 unspecified atom stereocenters. The average molecular weight is 330 g/mol. The summed E-state index contributed by atoms with van der Waals surface area (Å²) in [6.07, 6.45) is 0. The summed E-state index contributed by atoms with van der Waals surface area (Å²) in [4.78, 5) is 22.9. The first-order valence-corrected chi connectivity index (χ1v) is 7.46. The van der Waals surface area contributed by atoms with Crippen molar-refractivity contribution in [2.75, 3.05) is 19.8 Å². The highest BCUT2D eigenvalue weighted by atomic mass is 16.5. The summed E-state index contributed by atoms with van der Waals surface area (Å²) in [6.45, 7) is 3.39. The quantitative estimate of drug-likeness (QED) is 0.455. The van der Waals surface area contributed by atoms with E-state index in [0.717, 1.165) is 0 Å². The summed E-state index contributed by atoms with van der Waals surface area (Å²) in [5.74, 6) is -0.767. The number of aromatic carboxylic acids is 1. The SMILES string of the molecule is CCOCCOc1cccc(C(=O)Oc2ccc(C(=O)O)cc2)c1. The first-order chi connectivity index (χ1) is 11.6. The van der Waals surface area contributed by atoms with Crippen LogP contribution in [0.1, 0.15) is 27.6 Å². The Labute approximate surface area is 139 Å². The summed E-state index contributed by atoms with van der Waals surface area (Å²) in [5.41, 5.74) is 0.464. The van der Waals surface area contributed by atoms with Gasteiger partial charge in [-0.05, 0) is 49.4 Å². The maximum Gasteiger partial charge on any atom is 0.343 e. The molecule has 0 amide bonds. The van der Waals surface area contributed by atoms with Crippen molar-refractivity contribution >= 4 is 11.9 Å². The zero-order valence-corrected chi connectivity index (χ0v) is 13.2. The molecule has 0 aliphatic rings. The number of benzene rings is 2. The Hall–Kier alpha value is -2.86. The summed E-state index contributed by atoms with van der Waals surface area (Å²) in [7, 11) is 0. The van der Waals surface area contributed by atoms with Gasteiger partial charge in [-0.1, -0.05) is 6.07 Å². The number of esters is 1. The molecule has 6 heteroatoms. The van der Waals surface area contributed by atoms with Crippen LogP contribution < -0.4 is 9.47 Å². The molecule has 0 fully saturated rings. The minimum Gasteiger partial charge on any atom is -0.491 e. The summed E-state index contributed by atoms with van der Waals surface area (Å²) < 4.78 is 15.9. The fraction of sp³-hybridized carbons (Fsp3) is 0.222. The van der Waals surface area contributed by atoms with Crippen molar-refractivity contribution in [3.05, 3.63) is 59.7 Å². The van der Waals surface area contributed by atoms with Gasteiger partial charge in [0.25, 0.3) is 0 Å². The van der Waals surface area contributed by atoms with Crippen LogP contribution in [0.4, 0.5) is 0 Å². The lowest BCUT2D eigenvalue weighted by molar-refractivity contribution is 0.0696. The van der Waals surface area contributed by atoms with Crippen molar-refractivity contribution in [1.29, 1.82) is 0 Å². The van der Waals surface area contributed by atoms with Gasteiger partial charge >= 0.3 is 11.9 Å². The number of hydrogen-bond acceptors (Lipinski definition) is 5. The minimum atomic E-state index is -1.04. The number of carboxylic acids is 1. The van der Waals surface area contributed by atoms with Crippen molar-refractivity contribution in [2.24, 2.45) is 0 Å². The van der Waals surface area contributed by atoms with Gasteiger partial charge in [-0.15, -0.1) is 0 Å². The molecule has 0 bridgehead atoms. The Balaban J connectivity index is 1.97. The third-order valence-electron chi connectivity index (χ3n) is 3.08. The van der Waals surface area contributed by atoms with Gasteiger partial charge in [-0.25, -0.2) is 9.59 Å². The van der Waals surface area contributed by atoms with Crippen LogP contribution in [0.3, 0.4) is 0 Å². The number of rotatable bonds is 8. The Kier molecular flexibility index (Phi) is 6.33. The number of carboxylic acid groups (broad SMARTS) is 1. The second kappa shape index (κ2) is 8.69. The molecule has 0 aromatic heterocycles. The van der Waals surface area contributed by atoms with E-state index in [9.17, 15) is 9.59 Å². The van der Waals surface area contributed by atoms with E-state index in [-0.39, 0.29) is 11.3 Å². The van der Waals surface area contributed by atoms with Crippen LogP contribution in [0.25, 0.3) is 0 Å². The number of carbonyl (C=O) groups is 2. The molecule has 0 saturated heterocycles. The van der Waals surface area contributed by atoms with Crippen molar-refractivity contribution in [2.45, 2.75) is 6.92 Å². The molecule has 0 aliphatic carbocycles. The Morgan fingerprint density at radius 1 is 0.958 bits per heavy atom. The molecule has 0 aliphatic heterocycles. The standard InChI is InChI=1S/C18H18O6/c1-2-22-10-11-23-16-5-3-4-14(12-16)18(21)24-15-8-6-13(7-9-15)17(19)20/h3-9,12H,2,10-11H2,1H3,(H,19,20). The molecule has 0 heterocycles. The lowest BCUT2D eigenvalue weighted by Crippen LogP contribution is -2.10. The molecule has 0 radical (unpaired) electrons. The van der Waals surface area contributed by atoms with Crippen LogP contribution >= 0.6 is 0 Å². The first kappa shape index (κ1) is 17.5. The maximum atomic E-state index is 12.1. The van der Waals surface area contributed by atoms with Crippen molar-refractivity contribution in [1.82, 2.24) is 0 Å². The van der Waals surface area contributed by atoms with Crippen molar-refractivity contribution in [3.8, 4) is 11.5 Å². The number of hydrogen-bond donors (Lipinski definition) is 1. The summed E-state index contributed by atoms with van der Waals surface area (Å²) in [6, 6.07) is 12.2. The van der Waals surface area contributed by atoms with Crippen LogP contribution in [0.15, 0.2) is 48.5 Å². The monoisotopic (exact) mass is 330 g/mol. The third-order valence-corrected chi connectivity index (χ3v) is 3.08. The predicted molar refractivity (Wildman–Crippen MR) is 86.8 cm³/mol. The molecule has 126 valence electrons. The normalized spacial score (nSPS) is 10.2. The van der Waals surface area contributed by atoms with Gasteiger partial charge in [-0.3, -0.25) is 0 Å². The predicted octanol–water partition coefficient (Wildman–Crippen LogP) is 3.02. The van der Waals surface area contributed by atoms with Gasteiger partial charge < -0.3 is 19.3 Å². The van der Waals surface area contributed by atoms with E-state index < -0.39 is 11.9 Å². The molecule has 2 aromatic rings. The van der Waals surface area contributed by atoms with Gasteiger partial charge in [0.15, 0.2) is 0 Å². The van der Waals surface area contributed by atoms with Crippen LogP contribution in [0.5, 0.6) is 11.5 Å². The second-order valence-corrected chi connectivity index (χ2v) is 4.79. The van der Waals surface area contributed by atoms with E-state index in [1.165, 1.54) is 24.3 Å². The van der Waals surface area contributed by atoms with E-state index in [1.54, 1.807) is 24.3 Å². The lowest BCUT2D eigenvalue weighted by atomic mass is 10.2. The van der Waals surface area contributed by atoms with Gasteiger partial charge in [-0.2, -0.15) is 0 Å². The molecule has 2 aromatic carbocycles. The van der Waals surface area contributed by atoms with Crippen molar-refractivity contribution < 1.29 is 28.9 Å². The van der Waals surface area contributed by atoms with Crippen LogP contribution in [0.2, 0.25) is 0 Å². The summed E-state index contributed by atoms with van der Waals surface area (Å²) in [5, 5.41) is 8.84. The summed E-state index contributed by atoms with van der Waals surface area (Å²) >= 11 is 0. The minimum absolute atomic E-state index is 0.125. The molecule has 2 rings (SSSR count). The van der Waals surface area contributed by atoms with Gasteiger partial charge in [0, 0.05) is 6.61 Å². The fourth-order valence-corrected chi connectivity index (χ4v) is 1.91. The second-order valence-electron chi connectivity index (χ2n) is 4.79. The molecule has 24 heavy (non-hydrogen) atoms. The molecule has 0 atom stereocenters. The molecule has 6 nitrogen and oxygen atoms in total. The highest BCUT2D eigenvalue weighted by Crippen LogP contribution is 2.17. The number of carbonyl (C=O) groups excluding carboxylic acids is 1. The molecule has 0 spiro atoms. The van der Waals surface area contributed by atoms with E-state index in [2.05, 4.69) is 0 Å². The lowest BCUT2D eigenvalue weighted by Gasteiger charge is -2.08. The van der Waals surface area contributed by atoms with Gasteiger partial charge in [0.2, 0.25) is 0 Å². The molecular formula is C18H18O6. The maximum absolute atomic E-state index is 12.1. The molecule has 1 N–H and O–H groups in total. The zero-order chi connectivity index (χ0) is 17.4. The van der Waals surface area contributed by atoms with E-state index >= 15 is 0 Å². The van der Waals surface area contributed by atoms with Crippen molar-refractivity contribution in [3.63, 3.8) is 0 Å². The van der Waals surface area contributed by atoms with Crippen LogP contribution in [-0.2, 0) is 4.74 Å². The Morgan fingerprint density at radius 3 is 2.38 bits per heavy atom. The Bertz CT molecular complexity index is 693. The highest BCUT2D eigenvalue weighted by molar-refractivity contribution is 5.92. The van der Waals surface area contributed by atoms with E-state index in [4.69, 9.17) is 19.3 Å². The third kappa shape index (κ3) is 5.10. The zero-order valence-electron chi connectivity index (χ0n) is 13.2. The van der Waals surface area contributed by atoms with Gasteiger partial charge in [0.1, 0.15) is 18.1 Å². The first-order valence-electron chi connectivity index (χ1n) is 7.46. The van der Waals surface area contributed by atoms with Crippen LogP contribution in [-0.4, -0.2) is 36.9 Å². The molecule has 0 saturated carbocycles. The van der Waals surface area contributed by atoms with E-state index in [1.807, 2.05) is 6.92 Å². The highest BCUT2D eigenvalue weighted by Gasteiger charge is 2.10. The van der Waals surface area contributed by atoms with E-state index in [0.29, 0.717) is 31.1 Å². The van der Waals surface area contributed by atoms with Gasteiger partial charge in [0.05, 0.1) is 17.7 Å².